The fraction of sp³-hybridized carbons (Fsp3) is 0.464. The van der Waals surface area contributed by atoms with Crippen molar-refractivity contribution in [3.8, 4) is 17.1 Å². The average molecular weight is 600 g/mol. The van der Waals surface area contributed by atoms with Gasteiger partial charge in [0.1, 0.15) is 17.4 Å². The summed E-state index contributed by atoms with van der Waals surface area (Å²) in [6, 6.07) is 5.67. The molecule has 1 spiro atoms. The maximum absolute atomic E-state index is 16.7. The molecule has 0 radical (unpaired) electrons. The molecule has 2 aromatic carbocycles. The van der Waals surface area contributed by atoms with Gasteiger partial charge in [0.15, 0.2) is 5.82 Å². The van der Waals surface area contributed by atoms with Crippen molar-refractivity contribution in [1.29, 1.82) is 0 Å². The van der Waals surface area contributed by atoms with Crippen molar-refractivity contribution in [3.63, 3.8) is 0 Å². The fourth-order valence-electron chi connectivity index (χ4n) is 6.45. The van der Waals surface area contributed by atoms with Crippen molar-refractivity contribution in [2.24, 2.45) is 5.41 Å². The number of nitrogens with zero attached hydrogens (tertiary/aromatic N) is 5. The van der Waals surface area contributed by atoms with Crippen LogP contribution in [0.5, 0.6) is 6.01 Å². The molecule has 3 aliphatic heterocycles. The third kappa shape index (κ3) is 4.61. The largest absolute Gasteiger partial charge is 0.460 e. The van der Waals surface area contributed by atoms with Crippen LogP contribution >= 0.6 is 11.6 Å². The number of sulfonamides is 1. The highest BCUT2D eigenvalue weighted by molar-refractivity contribution is 7.88. The van der Waals surface area contributed by atoms with Crippen LogP contribution in [0.15, 0.2) is 24.4 Å². The Morgan fingerprint density at radius 2 is 1.90 bits per heavy atom. The molecule has 0 unspecified atom stereocenters. The number of hydrogen-bond donors (Lipinski definition) is 2. The molecule has 0 atom stereocenters. The molecule has 2 aromatic heterocycles. The summed E-state index contributed by atoms with van der Waals surface area (Å²) in [4.78, 5) is 11.6. The SMILES string of the molecule is Cc1ccc2[nH]ncc2c1-c1c(Cl)cc2c(N3CCC4(CNC4)C3)nc(OC3CCN(S(C)(=O)=O)CC3)nc2c1F. The van der Waals surface area contributed by atoms with Gasteiger partial charge in [-0.25, -0.2) is 17.1 Å². The lowest BCUT2D eigenvalue weighted by molar-refractivity contribution is 0.125. The quantitative estimate of drug-likeness (QED) is 0.355. The lowest BCUT2D eigenvalue weighted by Gasteiger charge is -2.39. The van der Waals surface area contributed by atoms with Gasteiger partial charge in [-0.05, 0) is 43.9 Å². The summed E-state index contributed by atoms with van der Waals surface area (Å²) >= 11 is 6.86. The lowest BCUT2D eigenvalue weighted by Crippen LogP contribution is -2.54. The Balaban J connectivity index is 1.34. The van der Waals surface area contributed by atoms with Crippen LogP contribution in [0, 0.1) is 18.2 Å². The topological polar surface area (TPSA) is 116 Å². The van der Waals surface area contributed by atoms with Crippen LogP contribution in [0.1, 0.15) is 24.8 Å². The number of hydrogen-bond acceptors (Lipinski definition) is 8. The molecule has 216 valence electrons. The van der Waals surface area contributed by atoms with E-state index in [-0.39, 0.29) is 33.6 Å². The molecule has 0 amide bonds. The maximum atomic E-state index is 16.7. The van der Waals surface area contributed by atoms with E-state index in [1.807, 2.05) is 19.1 Å². The predicted molar refractivity (Wildman–Crippen MR) is 157 cm³/mol. The number of rotatable bonds is 5. The van der Waals surface area contributed by atoms with E-state index in [1.54, 1.807) is 12.3 Å². The molecule has 4 aromatic rings. The average Bonchev–Trinajstić information content (AvgIpc) is 3.58. The molecule has 41 heavy (non-hydrogen) atoms. The molecule has 10 nitrogen and oxygen atoms in total. The first-order chi connectivity index (χ1) is 19.6. The first-order valence-corrected chi connectivity index (χ1v) is 16.0. The van der Waals surface area contributed by atoms with Gasteiger partial charge in [-0.15, -0.1) is 0 Å². The van der Waals surface area contributed by atoms with Gasteiger partial charge in [-0.3, -0.25) is 5.10 Å². The number of benzene rings is 2. The van der Waals surface area contributed by atoms with E-state index in [1.165, 1.54) is 10.6 Å². The smallest absolute Gasteiger partial charge is 0.319 e. The maximum Gasteiger partial charge on any atom is 0.319 e. The highest BCUT2D eigenvalue weighted by Gasteiger charge is 2.44. The molecule has 2 N–H and O–H groups in total. The van der Waals surface area contributed by atoms with E-state index in [0.717, 1.165) is 49.1 Å². The van der Waals surface area contributed by atoms with Crippen LogP contribution in [0.4, 0.5) is 10.2 Å². The van der Waals surface area contributed by atoms with Gasteiger partial charge in [-0.2, -0.15) is 15.1 Å². The first kappa shape index (κ1) is 26.8. The van der Waals surface area contributed by atoms with E-state index in [0.29, 0.717) is 42.7 Å². The number of anilines is 1. The fourth-order valence-corrected chi connectivity index (χ4v) is 7.62. The molecule has 0 aliphatic carbocycles. The molecule has 0 bridgehead atoms. The molecule has 5 heterocycles. The molecule has 0 saturated carbocycles. The molecule has 3 fully saturated rings. The van der Waals surface area contributed by atoms with E-state index >= 15 is 4.39 Å². The Labute approximate surface area is 242 Å². The van der Waals surface area contributed by atoms with Crippen LogP contribution in [0.2, 0.25) is 5.02 Å². The summed E-state index contributed by atoms with van der Waals surface area (Å²) in [5, 5.41) is 12.1. The van der Waals surface area contributed by atoms with Crippen LogP contribution in [0.25, 0.3) is 32.9 Å². The molecule has 3 aliphatic rings. The van der Waals surface area contributed by atoms with Gasteiger partial charge < -0.3 is 15.0 Å². The third-order valence-electron chi connectivity index (χ3n) is 8.80. The minimum Gasteiger partial charge on any atom is -0.460 e. The second kappa shape index (κ2) is 9.75. The number of aromatic nitrogens is 4. The molecular weight excluding hydrogens is 569 g/mol. The Hall–Kier alpha value is -3.06. The zero-order chi connectivity index (χ0) is 28.5. The standard InChI is InChI=1S/C28H31ClFN7O3S/c1-16-3-4-21-19(12-32-35-21)22(16)23-20(29)11-18-25(24(23)30)33-27(40-17-5-8-37(9-6-17)41(2,38)39)34-26(18)36-10-7-28(15-36)13-31-14-28/h3-4,11-12,17,31H,5-10,13-15H2,1-2H3,(H,32,35). The second-order valence-corrected chi connectivity index (χ2v) is 14.0. The number of piperidine rings is 1. The summed E-state index contributed by atoms with van der Waals surface area (Å²) in [6.45, 7) is 6.10. The number of nitrogens with one attached hydrogen (secondary N) is 2. The van der Waals surface area contributed by atoms with Crippen LogP contribution in [0.3, 0.4) is 0 Å². The van der Waals surface area contributed by atoms with Crippen molar-refractivity contribution >= 4 is 49.2 Å². The van der Waals surface area contributed by atoms with Gasteiger partial charge in [0, 0.05) is 66.6 Å². The van der Waals surface area contributed by atoms with Gasteiger partial charge in [-0.1, -0.05) is 17.7 Å². The summed E-state index contributed by atoms with van der Waals surface area (Å²) in [5.41, 5.74) is 2.91. The van der Waals surface area contributed by atoms with Crippen LogP contribution < -0.4 is 15.0 Å². The van der Waals surface area contributed by atoms with Gasteiger partial charge in [0.2, 0.25) is 10.0 Å². The summed E-state index contributed by atoms with van der Waals surface area (Å²) in [6.07, 6.45) is 4.62. The highest BCUT2D eigenvalue weighted by Crippen LogP contribution is 2.44. The Morgan fingerprint density at radius 3 is 2.59 bits per heavy atom. The number of H-pyrrole nitrogens is 1. The predicted octanol–water partition coefficient (Wildman–Crippen LogP) is 3.88. The van der Waals surface area contributed by atoms with Crippen molar-refractivity contribution in [2.45, 2.75) is 32.3 Å². The molecule has 13 heteroatoms. The first-order valence-electron chi connectivity index (χ1n) is 13.8. The Morgan fingerprint density at radius 1 is 1.12 bits per heavy atom. The zero-order valence-corrected chi connectivity index (χ0v) is 24.4. The summed E-state index contributed by atoms with van der Waals surface area (Å²) in [5.74, 6) is 0.0665. The normalized spacial score (nSPS) is 19.9. The van der Waals surface area contributed by atoms with E-state index in [2.05, 4.69) is 25.4 Å². The van der Waals surface area contributed by atoms with E-state index < -0.39 is 15.8 Å². The number of aryl methyl sites for hydroxylation is 1. The Bertz CT molecular complexity index is 1780. The molecule has 7 rings (SSSR count). The van der Waals surface area contributed by atoms with Crippen molar-refractivity contribution in [3.05, 3.63) is 40.8 Å². The number of ether oxygens (including phenoxy) is 1. The van der Waals surface area contributed by atoms with Crippen molar-refractivity contribution in [2.75, 3.05) is 50.4 Å². The second-order valence-electron chi connectivity index (χ2n) is 11.6. The molecule has 3 saturated heterocycles. The van der Waals surface area contributed by atoms with E-state index in [4.69, 9.17) is 21.3 Å². The monoisotopic (exact) mass is 599 g/mol. The highest BCUT2D eigenvalue weighted by atomic mass is 35.5. The van der Waals surface area contributed by atoms with Crippen molar-refractivity contribution in [1.82, 2.24) is 29.8 Å². The summed E-state index contributed by atoms with van der Waals surface area (Å²) < 4.78 is 48.3. The van der Waals surface area contributed by atoms with Gasteiger partial charge in [0.25, 0.3) is 0 Å². The number of aromatic amines is 1. The lowest BCUT2D eigenvalue weighted by atomic mass is 9.81. The van der Waals surface area contributed by atoms with Crippen molar-refractivity contribution < 1.29 is 17.5 Å². The number of fused-ring (bicyclic) bond motifs is 2. The number of halogens is 2. The Kier molecular flexibility index (Phi) is 6.38. The minimum absolute atomic E-state index is 0.0865. The third-order valence-corrected chi connectivity index (χ3v) is 10.4. The van der Waals surface area contributed by atoms with Crippen LogP contribution in [-0.2, 0) is 10.0 Å². The van der Waals surface area contributed by atoms with Crippen LogP contribution in [-0.4, -0.2) is 84.5 Å². The minimum atomic E-state index is -3.27. The van der Waals surface area contributed by atoms with E-state index in [9.17, 15) is 8.42 Å². The molecular formula is C28H31ClFN7O3S. The zero-order valence-electron chi connectivity index (χ0n) is 22.9. The summed E-state index contributed by atoms with van der Waals surface area (Å²) in [7, 11) is -3.27. The van der Waals surface area contributed by atoms with Gasteiger partial charge >= 0.3 is 6.01 Å². The van der Waals surface area contributed by atoms with Gasteiger partial charge in [0.05, 0.1) is 23.0 Å².